The molecule has 22 heavy (non-hydrogen) atoms. The third kappa shape index (κ3) is 3.10. The lowest BCUT2D eigenvalue weighted by Gasteiger charge is -2.36. The quantitative estimate of drug-likeness (QED) is 0.922. The molecule has 0 spiro atoms. The summed E-state index contributed by atoms with van der Waals surface area (Å²) in [6.07, 6.45) is 0. The fraction of sp³-hybridized carbons (Fsp3) is 0.588. The van der Waals surface area contributed by atoms with Crippen molar-refractivity contribution in [3.63, 3.8) is 0 Å². The highest BCUT2D eigenvalue weighted by molar-refractivity contribution is 5.76. The molecule has 1 fully saturated rings. The van der Waals surface area contributed by atoms with Gasteiger partial charge >= 0.3 is 0 Å². The molecule has 0 bridgehead atoms. The third-order valence-electron chi connectivity index (χ3n) is 4.58. The standard InChI is InChI=1S/C17H26N4O/c1-4-20-8-10-21(11-9-20)13(3)17-18-15-7-6-14(22-5-2)12-16(15)19-17/h6-7,12-13H,4-5,8-11H2,1-3H3,(H,18,19). The number of hydrogen-bond acceptors (Lipinski definition) is 4. The lowest BCUT2D eigenvalue weighted by atomic mass is 10.2. The first-order chi connectivity index (χ1) is 10.7. The van der Waals surface area contributed by atoms with Crippen LogP contribution >= 0.6 is 0 Å². The Morgan fingerprint density at radius 2 is 2.00 bits per heavy atom. The first-order valence-corrected chi connectivity index (χ1v) is 8.30. The summed E-state index contributed by atoms with van der Waals surface area (Å²) >= 11 is 0. The van der Waals surface area contributed by atoms with Crippen molar-refractivity contribution in [2.24, 2.45) is 0 Å². The van der Waals surface area contributed by atoms with Gasteiger partial charge < -0.3 is 14.6 Å². The van der Waals surface area contributed by atoms with Gasteiger partial charge in [-0.05, 0) is 32.5 Å². The maximum Gasteiger partial charge on any atom is 0.124 e. The Bertz CT molecular complexity index is 616. The second-order valence-corrected chi connectivity index (χ2v) is 5.88. The molecule has 0 aliphatic carbocycles. The van der Waals surface area contributed by atoms with Crippen molar-refractivity contribution < 1.29 is 4.74 Å². The first kappa shape index (κ1) is 15.3. The summed E-state index contributed by atoms with van der Waals surface area (Å²) in [6, 6.07) is 6.38. The fourth-order valence-corrected chi connectivity index (χ4v) is 3.10. The molecule has 1 aliphatic heterocycles. The lowest BCUT2D eigenvalue weighted by Crippen LogP contribution is -2.47. The van der Waals surface area contributed by atoms with E-state index in [4.69, 9.17) is 9.72 Å². The van der Waals surface area contributed by atoms with Crippen molar-refractivity contribution in [2.75, 3.05) is 39.3 Å². The van der Waals surface area contributed by atoms with E-state index in [2.05, 4.69) is 28.6 Å². The molecular formula is C17H26N4O. The molecule has 0 radical (unpaired) electrons. The molecule has 1 unspecified atom stereocenters. The van der Waals surface area contributed by atoms with E-state index in [1.54, 1.807) is 0 Å². The normalized spacial score (nSPS) is 18.7. The minimum absolute atomic E-state index is 0.321. The number of aromatic amines is 1. The maximum absolute atomic E-state index is 5.56. The van der Waals surface area contributed by atoms with Crippen molar-refractivity contribution in [3.8, 4) is 5.75 Å². The van der Waals surface area contributed by atoms with Gasteiger partial charge in [-0.2, -0.15) is 0 Å². The predicted molar refractivity (Wildman–Crippen MR) is 89.4 cm³/mol. The van der Waals surface area contributed by atoms with Crippen molar-refractivity contribution in [2.45, 2.75) is 26.8 Å². The van der Waals surface area contributed by atoms with Gasteiger partial charge in [0.2, 0.25) is 0 Å². The van der Waals surface area contributed by atoms with Crippen molar-refractivity contribution in [3.05, 3.63) is 24.0 Å². The van der Waals surface area contributed by atoms with E-state index >= 15 is 0 Å². The van der Waals surface area contributed by atoms with Crippen molar-refractivity contribution >= 4 is 11.0 Å². The van der Waals surface area contributed by atoms with Gasteiger partial charge in [-0.15, -0.1) is 0 Å². The van der Waals surface area contributed by atoms with Crippen LogP contribution in [0.15, 0.2) is 18.2 Å². The highest BCUT2D eigenvalue weighted by Gasteiger charge is 2.23. The van der Waals surface area contributed by atoms with E-state index in [1.165, 1.54) is 0 Å². The molecule has 5 nitrogen and oxygen atoms in total. The summed E-state index contributed by atoms with van der Waals surface area (Å²) in [4.78, 5) is 13.2. The number of nitrogens with one attached hydrogen (secondary N) is 1. The van der Waals surface area contributed by atoms with Gasteiger partial charge in [0.15, 0.2) is 0 Å². The second kappa shape index (κ2) is 6.67. The molecule has 3 rings (SSSR count). The van der Waals surface area contributed by atoms with E-state index < -0.39 is 0 Å². The van der Waals surface area contributed by atoms with Gasteiger partial charge in [0.25, 0.3) is 0 Å². The van der Waals surface area contributed by atoms with Crippen LogP contribution in [0.2, 0.25) is 0 Å². The number of rotatable bonds is 5. The molecular weight excluding hydrogens is 276 g/mol. The van der Waals surface area contributed by atoms with Crippen LogP contribution in [0, 0.1) is 0 Å². The number of imidazole rings is 1. The summed E-state index contributed by atoms with van der Waals surface area (Å²) in [7, 11) is 0. The molecule has 120 valence electrons. The zero-order chi connectivity index (χ0) is 15.5. The Morgan fingerprint density at radius 3 is 2.68 bits per heavy atom. The van der Waals surface area contributed by atoms with Gasteiger partial charge in [-0.3, -0.25) is 4.90 Å². The third-order valence-corrected chi connectivity index (χ3v) is 4.58. The Kier molecular flexibility index (Phi) is 4.64. The molecule has 2 aromatic rings. The van der Waals surface area contributed by atoms with Crippen LogP contribution in [-0.2, 0) is 0 Å². The highest BCUT2D eigenvalue weighted by atomic mass is 16.5. The average molecular weight is 302 g/mol. The molecule has 1 saturated heterocycles. The number of aromatic nitrogens is 2. The van der Waals surface area contributed by atoms with Crippen LogP contribution in [0.25, 0.3) is 11.0 Å². The molecule has 1 aromatic carbocycles. The van der Waals surface area contributed by atoms with Gasteiger partial charge in [0.1, 0.15) is 11.6 Å². The van der Waals surface area contributed by atoms with Gasteiger partial charge in [-0.1, -0.05) is 6.92 Å². The Labute approximate surface area is 132 Å². The van der Waals surface area contributed by atoms with Crippen molar-refractivity contribution in [1.82, 2.24) is 19.8 Å². The topological polar surface area (TPSA) is 44.4 Å². The van der Waals surface area contributed by atoms with E-state index in [0.29, 0.717) is 12.6 Å². The minimum Gasteiger partial charge on any atom is -0.494 e. The number of hydrogen-bond donors (Lipinski definition) is 1. The Hall–Kier alpha value is -1.59. The van der Waals surface area contributed by atoms with Crippen LogP contribution in [-0.4, -0.2) is 59.1 Å². The molecule has 5 heteroatoms. The van der Waals surface area contributed by atoms with Crippen LogP contribution in [0.1, 0.15) is 32.6 Å². The summed E-state index contributed by atoms with van der Waals surface area (Å²) in [6.45, 7) is 12.8. The molecule has 0 amide bonds. The number of likely N-dealkylation sites (N-methyl/N-ethyl adjacent to an activating group) is 1. The second-order valence-electron chi connectivity index (χ2n) is 5.88. The zero-order valence-corrected chi connectivity index (χ0v) is 13.8. The van der Waals surface area contributed by atoms with E-state index in [0.717, 1.165) is 55.3 Å². The number of benzene rings is 1. The maximum atomic E-state index is 5.56. The lowest BCUT2D eigenvalue weighted by molar-refractivity contribution is 0.103. The molecule has 1 atom stereocenters. The molecule has 0 saturated carbocycles. The highest BCUT2D eigenvalue weighted by Crippen LogP contribution is 2.24. The summed E-state index contributed by atoms with van der Waals surface area (Å²) < 4.78 is 5.56. The van der Waals surface area contributed by atoms with E-state index in [9.17, 15) is 0 Å². The average Bonchev–Trinajstić information content (AvgIpc) is 2.98. The molecule has 1 N–H and O–H groups in total. The molecule has 2 heterocycles. The summed E-state index contributed by atoms with van der Waals surface area (Å²) in [5.74, 6) is 1.95. The van der Waals surface area contributed by atoms with Crippen LogP contribution in [0.4, 0.5) is 0 Å². The number of ether oxygens (including phenoxy) is 1. The Morgan fingerprint density at radius 1 is 1.23 bits per heavy atom. The molecule has 1 aliphatic rings. The number of fused-ring (bicyclic) bond motifs is 1. The number of nitrogens with zero attached hydrogens (tertiary/aromatic N) is 3. The molecule has 1 aromatic heterocycles. The van der Waals surface area contributed by atoms with Crippen LogP contribution in [0.5, 0.6) is 5.75 Å². The smallest absolute Gasteiger partial charge is 0.124 e. The van der Waals surface area contributed by atoms with Crippen molar-refractivity contribution in [1.29, 1.82) is 0 Å². The number of piperazine rings is 1. The minimum atomic E-state index is 0.321. The zero-order valence-electron chi connectivity index (χ0n) is 13.8. The van der Waals surface area contributed by atoms with Crippen LogP contribution in [0.3, 0.4) is 0 Å². The van der Waals surface area contributed by atoms with Gasteiger partial charge in [-0.25, -0.2) is 4.98 Å². The number of H-pyrrole nitrogens is 1. The van der Waals surface area contributed by atoms with Gasteiger partial charge in [0.05, 0.1) is 23.7 Å². The van der Waals surface area contributed by atoms with Crippen LogP contribution < -0.4 is 4.74 Å². The van der Waals surface area contributed by atoms with E-state index in [-0.39, 0.29) is 0 Å². The predicted octanol–water partition coefficient (Wildman–Crippen LogP) is 2.66. The SMILES string of the molecule is CCOc1ccc2nc(C(C)N3CCN(CC)CC3)[nH]c2c1. The summed E-state index contributed by atoms with van der Waals surface area (Å²) in [5.41, 5.74) is 2.07. The largest absolute Gasteiger partial charge is 0.494 e. The summed E-state index contributed by atoms with van der Waals surface area (Å²) in [5, 5.41) is 0. The first-order valence-electron chi connectivity index (χ1n) is 8.30. The monoisotopic (exact) mass is 302 g/mol. The Balaban J connectivity index is 1.75. The van der Waals surface area contributed by atoms with Gasteiger partial charge in [0, 0.05) is 32.2 Å². The van der Waals surface area contributed by atoms with E-state index in [1.807, 2.05) is 25.1 Å². The fourth-order valence-electron chi connectivity index (χ4n) is 3.10.